The molecule has 1 aromatic rings. The van der Waals surface area contributed by atoms with Crippen molar-refractivity contribution in [3.8, 4) is 0 Å². The van der Waals surface area contributed by atoms with Crippen LogP contribution >= 0.6 is 23.2 Å². The first-order valence-corrected chi connectivity index (χ1v) is 5.15. The Balaban J connectivity index is 2.97. The predicted molar refractivity (Wildman–Crippen MR) is 64.5 cm³/mol. The van der Waals surface area contributed by atoms with Crippen molar-refractivity contribution in [2.45, 2.75) is 19.9 Å². The Bertz CT molecular complexity index is 347. The summed E-state index contributed by atoms with van der Waals surface area (Å²) in [6, 6.07) is 3.85. The maximum absolute atomic E-state index is 6.05. The Hall–Kier alpha value is -0.660. The minimum atomic E-state index is 0.172. The highest BCUT2D eigenvalue weighted by molar-refractivity contribution is 6.35. The second-order valence-electron chi connectivity index (χ2n) is 3.25. The zero-order valence-electron chi connectivity index (χ0n) is 8.27. The lowest BCUT2D eigenvalue weighted by Gasteiger charge is -2.13. The molecule has 0 spiro atoms. The van der Waals surface area contributed by atoms with E-state index >= 15 is 0 Å². The van der Waals surface area contributed by atoms with Crippen molar-refractivity contribution in [1.82, 2.24) is 0 Å². The molecule has 0 fully saturated rings. The third kappa shape index (κ3) is 2.66. The van der Waals surface area contributed by atoms with E-state index in [1.165, 1.54) is 0 Å². The summed E-state index contributed by atoms with van der Waals surface area (Å²) >= 11 is 12.0. The van der Waals surface area contributed by atoms with Gasteiger partial charge in [-0.3, -0.25) is 0 Å². The minimum absolute atomic E-state index is 0.172. The molecule has 1 N–H and O–H groups in total. The molecular formula is C11H13Cl2N. The predicted octanol–water partition coefficient (Wildman–Crippen LogP) is 4.29. The summed E-state index contributed by atoms with van der Waals surface area (Å²) in [7, 11) is 0. The number of rotatable bonds is 3. The van der Waals surface area contributed by atoms with Gasteiger partial charge >= 0.3 is 0 Å². The van der Waals surface area contributed by atoms with Crippen molar-refractivity contribution in [2.75, 3.05) is 5.32 Å². The van der Waals surface area contributed by atoms with Crippen LogP contribution in [0.3, 0.4) is 0 Å². The Labute approximate surface area is 94.7 Å². The first-order valence-electron chi connectivity index (χ1n) is 4.39. The molecule has 0 aliphatic heterocycles. The zero-order valence-corrected chi connectivity index (χ0v) is 9.78. The monoisotopic (exact) mass is 229 g/mol. The number of anilines is 1. The van der Waals surface area contributed by atoms with Crippen molar-refractivity contribution < 1.29 is 0 Å². The van der Waals surface area contributed by atoms with Gasteiger partial charge in [-0.05, 0) is 31.5 Å². The second kappa shape index (κ2) is 4.72. The van der Waals surface area contributed by atoms with E-state index in [0.29, 0.717) is 10.0 Å². The van der Waals surface area contributed by atoms with Crippen LogP contribution in [0.5, 0.6) is 0 Å². The Morgan fingerprint density at radius 3 is 2.57 bits per heavy atom. The summed E-state index contributed by atoms with van der Waals surface area (Å²) in [5, 5.41) is 4.59. The molecule has 0 saturated heterocycles. The SMILES string of the molecule is C=CC(C)Nc1cc(Cl)c(C)cc1Cl. The average Bonchev–Trinajstić information content (AvgIpc) is 2.14. The third-order valence-corrected chi connectivity index (χ3v) is 2.70. The van der Waals surface area contributed by atoms with Crippen molar-refractivity contribution in [2.24, 2.45) is 0 Å². The molecule has 0 radical (unpaired) electrons. The van der Waals surface area contributed by atoms with Crippen molar-refractivity contribution in [1.29, 1.82) is 0 Å². The average molecular weight is 230 g/mol. The third-order valence-electron chi connectivity index (χ3n) is 1.99. The van der Waals surface area contributed by atoms with E-state index in [4.69, 9.17) is 23.2 Å². The van der Waals surface area contributed by atoms with E-state index in [1.807, 2.05) is 32.1 Å². The van der Waals surface area contributed by atoms with Crippen LogP contribution in [0.4, 0.5) is 5.69 Å². The first kappa shape index (κ1) is 11.4. The summed E-state index contributed by atoms with van der Waals surface area (Å²) in [6.07, 6.45) is 1.81. The smallest absolute Gasteiger partial charge is 0.0641 e. The lowest BCUT2D eigenvalue weighted by Crippen LogP contribution is -2.11. The van der Waals surface area contributed by atoms with Gasteiger partial charge in [-0.2, -0.15) is 0 Å². The lowest BCUT2D eigenvalue weighted by atomic mass is 10.2. The molecule has 1 rings (SSSR count). The molecule has 14 heavy (non-hydrogen) atoms. The molecule has 0 saturated carbocycles. The molecule has 1 aromatic carbocycles. The largest absolute Gasteiger partial charge is 0.378 e. The fraction of sp³-hybridized carbons (Fsp3) is 0.273. The molecule has 0 aromatic heterocycles. The van der Waals surface area contributed by atoms with E-state index in [-0.39, 0.29) is 6.04 Å². The summed E-state index contributed by atoms with van der Waals surface area (Å²) in [5.41, 5.74) is 1.82. The molecule has 3 heteroatoms. The Kier molecular flexibility index (Phi) is 3.85. The standard InChI is InChI=1S/C11H13Cl2N/c1-4-8(3)14-11-6-9(12)7(2)5-10(11)13/h4-6,8,14H,1H2,2-3H3. The number of hydrogen-bond acceptors (Lipinski definition) is 1. The second-order valence-corrected chi connectivity index (χ2v) is 4.06. The van der Waals surface area contributed by atoms with Crippen LogP contribution in [0.1, 0.15) is 12.5 Å². The molecule has 0 amide bonds. The van der Waals surface area contributed by atoms with Crippen molar-refractivity contribution in [3.63, 3.8) is 0 Å². The molecule has 0 bridgehead atoms. The van der Waals surface area contributed by atoms with Gasteiger partial charge in [0.25, 0.3) is 0 Å². The minimum Gasteiger partial charge on any atom is -0.378 e. The van der Waals surface area contributed by atoms with Crippen LogP contribution < -0.4 is 5.32 Å². The summed E-state index contributed by atoms with van der Waals surface area (Å²) in [5.74, 6) is 0. The van der Waals surface area contributed by atoms with Gasteiger partial charge in [-0.15, -0.1) is 6.58 Å². The van der Waals surface area contributed by atoms with E-state index in [0.717, 1.165) is 11.3 Å². The number of halogens is 2. The summed E-state index contributed by atoms with van der Waals surface area (Å²) in [6.45, 7) is 7.61. The highest BCUT2D eigenvalue weighted by Crippen LogP contribution is 2.29. The van der Waals surface area contributed by atoms with Crippen LogP contribution in [-0.4, -0.2) is 6.04 Å². The first-order chi connectivity index (χ1) is 6.54. The number of benzene rings is 1. The Morgan fingerprint density at radius 1 is 1.36 bits per heavy atom. The summed E-state index contributed by atoms with van der Waals surface area (Å²) in [4.78, 5) is 0. The van der Waals surface area contributed by atoms with Gasteiger partial charge < -0.3 is 5.32 Å². The number of nitrogens with one attached hydrogen (secondary N) is 1. The van der Waals surface area contributed by atoms with Gasteiger partial charge in [0.1, 0.15) is 0 Å². The zero-order chi connectivity index (χ0) is 10.7. The quantitative estimate of drug-likeness (QED) is 0.764. The highest BCUT2D eigenvalue weighted by Gasteiger charge is 2.05. The molecule has 1 nitrogen and oxygen atoms in total. The van der Waals surface area contributed by atoms with E-state index in [1.54, 1.807) is 0 Å². The van der Waals surface area contributed by atoms with Gasteiger partial charge in [-0.25, -0.2) is 0 Å². The van der Waals surface area contributed by atoms with Gasteiger partial charge in [0, 0.05) is 11.1 Å². The van der Waals surface area contributed by atoms with Crippen LogP contribution in [0.25, 0.3) is 0 Å². The highest BCUT2D eigenvalue weighted by atomic mass is 35.5. The molecular weight excluding hydrogens is 217 g/mol. The normalized spacial score (nSPS) is 12.3. The molecule has 0 aliphatic rings. The maximum Gasteiger partial charge on any atom is 0.0641 e. The van der Waals surface area contributed by atoms with Crippen molar-refractivity contribution >= 4 is 28.9 Å². The maximum atomic E-state index is 6.05. The molecule has 1 atom stereocenters. The van der Waals surface area contributed by atoms with E-state index in [2.05, 4.69) is 11.9 Å². The topological polar surface area (TPSA) is 12.0 Å². The molecule has 1 unspecified atom stereocenters. The Morgan fingerprint density at radius 2 is 2.00 bits per heavy atom. The fourth-order valence-corrected chi connectivity index (χ4v) is 1.50. The van der Waals surface area contributed by atoms with Crippen LogP contribution in [0, 0.1) is 6.92 Å². The number of hydrogen-bond donors (Lipinski definition) is 1. The molecule has 0 heterocycles. The fourth-order valence-electron chi connectivity index (χ4n) is 1.06. The van der Waals surface area contributed by atoms with Gasteiger partial charge in [0.2, 0.25) is 0 Å². The number of aryl methyl sites for hydroxylation is 1. The molecule has 0 aliphatic carbocycles. The molecule has 76 valence electrons. The van der Waals surface area contributed by atoms with Crippen LogP contribution in [-0.2, 0) is 0 Å². The summed E-state index contributed by atoms with van der Waals surface area (Å²) < 4.78 is 0. The van der Waals surface area contributed by atoms with E-state index < -0.39 is 0 Å². The van der Waals surface area contributed by atoms with E-state index in [9.17, 15) is 0 Å². The van der Waals surface area contributed by atoms with Crippen LogP contribution in [0.15, 0.2) is 24.8 Å². The van der Waals surface area contributed by atoms with Gasteiger partial charge in [-0.1, -0.05) is 29.3 Å². The van der Waals surface area contributed by atoms with Gasteiger partial charge in [0.15, 0.2) is 0 Å². The van der Waals surface area contributed by atoms with Crippen molar-refractivity contribution in [3.05, 3.63) is 40.4 Å². The van der Waals surface area contributed by atoms with Crippen LogP contribution in [0.2, 0.25) is 10.0 Å². The lowest BCUT2D eigenvalue weighted by molar-refractivity contribution is 1.00. The van der Waals surface area contributed by atoms with Gasteiger partial charge in [0.05, 0.1) is 10.7 Å².